The number of hydrogen-bond acceptors (Lipinski definition) is 3. The molecule has 106 valence electrons. The van der Waals surface area contributed by atoms with E-state index in [9.17, 15) is 4.79 Å². The number of pyridine rings is 1. The maximum atomic E-state index is 11.1. The first kappa shape index (κ1) is 14.8. The molecule has 3 N–H and O–H groups in total. The molecule has 0 aliphatic rings. The van der Waals surface area contributed by atoms with Crippen molar-refractivity contribution in [1.29, 1.82) is 0 Å². The average molecular weight is 293 g/mol. The molecule has 0 radical (unpaired) electrons. The number of benzene rings is 1. The lowest BCUT2D eigenvalue weighted by Gasteiger charge is -2.23. The molecule has 0 spiro atoms. The molecule has 2 unspecified atom stereocenters. The van der Waals surface area contributed by atoms with Gasteiger partial charge in [0.25, 0.3) is 0 Å². The molecule has 2 rings (SSSR count). The van der Waals surface area contributed by atoms with Gasteiger partial charge in [0, 0.05) is 28.6 Å². The van der Waals surface area contributed by atoms with Crippen molar-refractivity contribution in [2.45, 2.75) is 31.7 Å². The van der Waals surface area contributed by atoms with E-state index in [0.29, 0.717) is 11.4 Å². The van der Waals surface area contributed by atoms with E-state index < -0.39 is 5.97 Å². The van der Waals surface area contributed by atoms with Gasteiger partial charge < -0.3 is 10.8 Å². The van der Waals surface area contributed by atoms with Crippen LogP contribution in [0.15, 0.2) is 30.5 Å². The third-order valence-electron chi connectivity index (χ3n) is 3.53. The number of carboxylic acids is 1. The fraction of sp³-hybridized carbons (Fsp3) is 0.333. The highest BCUT2D eigenvalue weighted by Crippen LogP contribution is 2.33. The monoisotopic (exact) mass is 292 g/mol. The number of halogens is 1. The van der Waals surface area contributed by atoms with E-state index in [1.165, 1.54) is 0 Å². The van der Waals surface area contributed by atoms with E-state index in [2.05, 4.69) is 4.98 Å². The summed E-state index contributed by atoms with van der Waals surface area (Å²) in [4.78, 5) is 15.5. The molecule has 20 heavy (non-hydrogen) atoms. The molecule has 5 heteroatoms. The van der Waals surface area contributed by atoms with Crippen molar-refractivity contribution in [3.8, 4) is 0 Å². The van der Waals surface area contributed by atoms with Crippen LogP contribution >= 0.6 is 11.6 Å². The number of carbonyl (C=O) groups is 1. The molecular formula is C15H17ClN2O2. The van der Waals surface area contributed by atoms with Gasteiger partial charge in [-0.25, -0.2) is 0 Å². The van der Waals surface area contributed by atoms with Crippen molar-refractivity contribution in [1.82, 2.24) is 4.98 Å². The first-order chi connectivity index (χ1) is 9.54. The van der Waals surface area contributed by atoms with Gasteiger partial charge in [-0.3, -0.25) is 9.78 Å². The van der Waals surface area contributed by atoms with E-state index in [4.69, 9.17) is 22.4 Å². The van der Waals surface area contributed by atoms with Crippen LogP contribution in [0.2, 0.25) is 5.02 Å². The molecule has 4 nitrogen and oxygen atoms in total. The lowest BCUT2D eigenvalue weighted by molar-refractivity contribution is -0.137. The molecule has 1 aromatic heterocycles. The van der Waals surface area contributed by atoms with Gasteiger partial charge in [-0.05, 0) is 30.2 Å². The quantitative estimate of drug-likeness (QED) is 0.887. The van der Waals surface area contributed by atoms with E-state index in [0.717, 1.165) is 16.5 Å². The van der Waals surface area contributed by atoms with Crippen molar-refractivity contribution in [2.75, 3.05) is 0 Å². The van der Waals surface area contributed by atoms with Crippen LogP contribution in [0.3, 0.4) is 0 Å². The molecule has 0 fully saturated rings. The van der Waals surface area contributed by atoms with Crippen molar-refractivity contribution in [3.05, 3.63) is 41.0 Å². The van der Waals surface area contributed by atoms with Crippen LogP contribution in [-0.2, 0) is 4.79 Å². The van der Waals surface area contributed by atoms with E-state index in [-0.39, 0.29) is 18.4 Å². The van der Waals surface area contributed by atoms with Gasteiger partial charge >= 0.3 is 5.97 Å². The predicted molar refractivity (Wildman–Crippen MR) is 80.0 cm³/mol. The van der Waals surface area contributed by atoms with Crippen LogP contribution in [0.4, 0.5) is 0 Å². The summed E-state index contributed by atoms with van der Waals surface area (Å²) in [6, 6.07) is 7.07. The van der Waals surface area contributed by atoms with Gasteiger partial charge in [-0.15, -0.1) is 0 Å². The Labute approximate surface area is 122 Å². The first-order valence-electron chi connectivity index (χ1n) is 6.55. The zero-order valence-corrected chi connectivity index (χ0v) is 12.0. The zero-order chi connectivity index (χ0) is 14.7. The van der Waals surface area contributed by atoms with E-state index >= 15 is 0 Å². The number of hydrogen-bond donors (Lipinski definition) is 2. The molecular weight excluding hydrogens is 276 g/mol. The third-order valence-corrected chi connectivity index (χ3v) is 3.86. The standard InChI is InChI=1S/C15H17ClN2O2/c1-2-13(17)11(8-14(19)20)9-5-6-12(16)10-4-3-7-18-15(9)10/h3-7,11,13H,2,8,17H2,1H3,(H,19,20). The highest BCUT2D eigenvalue weighted by atomic mass is 35.5. The molecule has 0 aliphatic heterocycles. The van der Waals surface area contributed by atoms with Crippen LogP contribution in [0.1, 0.15) is 31.2 Å². The molecule has 2 atom stereocenters. The smallest absolute Gasteiger partial charge is 0.304 e. The average Bonchev–Trinajstić information content (AvgIpc) is 2.45. The minimum Gasteiger partial charge on any atom is -0.481 e. The summed E-state index contributed by atoms with van der Waals surface area (Å²) in [7, 11) is 0. The Morgan fingerprint density at radius 3 is 2.85 bits per heavy atom. The van der Waals surface area contributed by atoms with E-state index in [1.54, 1.807) is 12.3 Å². The third kappa shape index (κ3) is 2.92. The summed E-state index contributed by atoms with van der Waals surface area (Å²) in [5, 5.41) is 10.5. The van der Waals surface area contributed by atoms with Crippen molar-refractivity contribution in [3.63, 3.8) is 0 Å². The minimum absolute atomic E-state index is 0.0116. The summed E-state index contributed by atoms with van der Waals surface area (Å²) < 4.78 is 0. The lowest BCUT2D eigenvalue weighted by atomic mass is 9.86. The number of nitrogens with two attached hydrogens (primary N) is 1. The Kier molecular flexibility index (Phi) is 4.57. The van der Waals surface area contributed by atoms with Crippen LogP contribution in [-0.4, -0.2) is 22.1 Å². The predicted octanol–water partition coefficient (Wildman–Crippen LogP) is 3.18. The summed E-state index contributed by atoms with van der Waals surface area (Å²) in [6.07, 6.45) is 2.37. The van der Waals surface area contributed by atoms with Crippen molar-refractivity contribution in [2.24, 2.45) is 5.73 Å². The second-order valence-electron chi connectivity index (χ2n) is 4.81. The van der Waals surface area contributed by atoms with Crippen LogP contribution < -0.4 is 5.73 Å². The molecule has 0 bridgehead atoms. The Hall–Kier alpha value is -1.65. The number of nitrogens with zero attached hydrogens (tertiary/aromatic N) is 1. The summed E-state index contributed by atoms with van der Waals surface area (Å²) >= 11 is 6.17. The normalized spacial score (nSPS) is 14.2. The minimum atomic E-state index is -0.863. The van der Waals surface area contributed by atoms with Crippen molar-refractivity contribution >= 4 is 28.5 Å². The zero-order valence-electron chi connectivity index (χ0n) is 11.2. The summed E-state index contributed by atoms with van der Waals surface area (Å²) in [5.74, 6) is -1.13. The fourth-order valence-corrected chi connectivity index (χ4v) is 2.64. The number of fused-ring (bicyclic) bond motifs is 1. The maximum Gasteiger partial charge on any atom is 0.304 e. The maximum absolute atomic E-state index is 11.1. The number of aliphatic carboxylic acids is 1. The summed E-state index contributed by atoms with van der Waals surface area (Å²) in [6.45, 7) is 1.95. The topological polar surface area (TPSA) is 76.2 Å². The van der Waals surface area contributed by atoms with Gasteiger partial charge in [0.15, 0.2) is 0 Å². The highest BCUT2D eigenvalue weighted by molar-refractivity contribution is 6.35. The Balaban J connectivity index is 2.58. The number of rotatable bonds is 5. The molecule has 1 heterocycles. The largest absolute Gasteiger partial charge is 0.481 e. The second kappa shape index (κ2) is 6.20. The lowest BCUT2D eigenvalue weighted by Crippen LogP contribution is -2.29. The molecule has 0 saturated heterocycles. The van der Waals surface area contributed by atoms with Gasteiger partial charge in [0.2, 0.25) is 0 Å². The van der Waals surface area contributed by atoms with Gasteiger partial charge in [0.1, 0.15) is 0 Å². The van der Waals surface area contributed by atoms with Gasteiger partial charge in [-0.2, -0.15) is 0 Å². The Morgan fingerprint density at radius 1 is 1.45 bits per heavy atom. The summed E-state index contributed by atoms with van der Waals surface area (Å²) in [5.41, 5.74) is 7.68. The number of aromatic nitrogens is 1. The molecule has 0 aliphatic carbocycles. The van der Waals surface area contributed by atoms with Gasteiger partial charge in [0.05, 0.1) is 11.9 Å². The Morgan fingerprint density at radius 2 is 2.20 bits per heavy atom. The van der Waals surface area contributed by atoms with Crippen LogP contribution in [0, 0.1) is 0 Å². The first-order valence-corrected chi connectivity index (χ1v) is 6.93. The SMILES string of the molecule is CCC(N)C(CC(=O)O)c1ccc(Cl)c2cccnc12. The number of carboxylic acid groups (broad SMARTS) is 1. The molecule has 0 amide bonds. The molecule has 1 aromatic carbocycles. The Bertz CT molecular complexity index is 630. The molecule has 2 aromatic rings. The fourth-order valence-electron chi connectivity index (χ4n) is 2.42. The van der Waals surface area contributed by atoms with Crippen molar-refractivity contribution < 1.29 is 9.90 Å². The second-order valence-corrected chi connectivity index (χ2v) is 5.22. The highest BCUT2D eigenvalue weighted by Gasteiger charge is 2.24. The molecule has 0 saturated carbocycles. The van der Waals surface area contributed by atoms with Gasteiger partial charge in [-0.1, -0.05) is 24.6 Å². The van der Waals surface area contributed by atoms with Crippen LogP contribution in [0.5, 0.6) is 0 Å². The van der Waals surface area contributed by atoms with E-state index in [1.807, 2.05) is 25.1 Å². The van der Waals surface area contributed by atoms with Crippen LogP contribution in [0.25, 0.3) is 10.9 Å².